The molecule has 0 radical (unpaired) electrons. The fourth-order valence-electron chi connectivity index (χ4n) is 2.10. The van der Waals surface area contributed by atoms with Crippen LogP contribution < -0.4 is 9.47 Å². The predicted octanol–water partition coefficient (Wildman–Crippen LogP) is 5.50. The van der Waals surface area contributed by atoms with Crippen molar-refractivity contribution >= 4 is 5.97 Å². The van der Waals surface area contributed by atoms with Crippen LogP contribution in [0, 0.1) is 11.6 Å². The van der Waals surface area contributed by atoms with E-state index < -0.39 is 41.2 Å². The minimum atomic E-state index is -4.88. The Labute approximate surface area is 157 Å². The second-order valence-corrected chi connectivity index (χ2v) is 5.77. The van der Waals surface area contributed by atoms with E-state index in [0.29, 0.717) is 6.42 Å². The first-order valence-corrected chi connectivity index (χ1v) is 8.29. The van der Waals surface area contributed by atoms with E-state index in [0.717, 1.165) is 0 Å². The number of ether oxygens (including phenoxy) is 3. The Hall–Kier alpha value is -2.84. The smallest absolute Gasteiger partial charge is 0.416 e. The van der Waals surface area contributed by atoms with Crippen molar-refractivity contribution in [2.75, 3.05) is 6.61 Å². The molecule has 2 aromatic carbocycles. The Morgan fingerprint density at radius 2 is 1.57 bits per heavy atom. The first kappa shape index (κ1) is 21.5. The van der Waals surface area contributed by atoms with Crippen molar-refractivity contribution in [2.24, 2.45) is 0 Å². The Morgan fingerprint density at radius 1 is 1.04 bits per heavy atom. The van der Waals surface area contributed by atoms with E-state index >= 15 is 0 Å². The highest BCUT2D eigenvalue weighted by Gasteiger charge is 2.33. The number of carbonyl (C=O) groups is 1. The van der Waals surface area contributed by atoms with Gasteiger partial charge in [0.2, 0.25) is 0 Å². The molecule has 0 bridgehead atoms. The predicted molar refractivity (Wildman–Crippen MR) is 89.2 cm³/mol. The molecule has 0 aromatic heterocycles. The van der Waals surface area contributed by atoms with Crippen LogP contribution in [0.5, 0.6) is 17.2 Å². The fraction of sp³-hybridized carbons (Fsp3) is 0.316. The molecular formula is C19H17F5O4. The molecule has 2 aromatic rings. The minimum Gasteiger partial charge on any atom is -0.479 e. The average molecular weight is 404 g/mol. The molecular weight excluding hydrogens is 387 g/mol. The summed E-state index contributed by atoms with van der Waals surface area (Å²) in [5, 5.41) is 0. The monoisotopic (exact) mass is 404 g/mol. The van der Waals surface area contributed by atoms with E-state index in [2.05, 4.69) is 0 Å². The topological polar surface area (TPSA) is 44.8 Å². The van der Waals surface area contributed by atoms with E-state index in [1.807, 2.05) is 6.92 Å². The number of esters is 1. The first-order valence-electron chi connectivity index (χ1n) is 8.29. The van der Waals surface area contributed by atoms with Crippen LogP contribution in [-0.2, 0) is 15.7 Å². The van der Waals surface area contributed by atoms with Gasteiger partial charge in [0.15, 0.2) is 23.5 Å². The van der Waals surface area contributed by atoms with Gasteiger partial charge in [0.05, 0.1) is 12.2 Å². The molecule has 152 valence electrons. The summed E-state index contributed by atoms with van der Waals surface area (Å²) in [5.41, 5.74) is -1.46. The van der Waals surface area contributed by atoms with Gasteiger partial charge in [-0.05, 0) is 49.7 Å². The summed E-state index contributed by atoms with van der Waals surface area (Å²) in [4.78, 5) is 11.7. The SMILES string of the molecule is CCCOC(=O)C(C)Oc1ccc(Oc2c(F)cc(C(F)(F)F)cc2F)cc1. The lowest BCUT2D eigenvalue weighted by atomic mass is 10.2. The van der Waals surface area contributed by atoms with Crippen LogP contribution in [0.3, 0.4) is 0 Å². The van der Waals surface area contributed by atoms with Crippen LogP contribution in [0.25, 0.3) is 0 Å². The highest BCUT2D eigenvalue weighted by Crippen LogP contribution is 2.35. The lowest BCUT2D eigenvalue weighted by Crippen LogP contribution is -2.26. The van der Waals surface area contributed by atoms with Gasteiger partial charge in [-0.1, -0.05) is 6.92 Å². The average Bonchev–Trinajstić information content (AvgIpc) is 2.63. The Kier molecular flexibility index (Phi) is 6.82. The van der Waals surface area contributed by atoms with Gasteiger partial charge in [-0.15, -0.1) is 0 Å². The summed E-state index contributed by atoms with van der Waals surface area (Å²) in [6.07, 6.45) is -5.08. The van der Waals surface area contributed by atoms with Crippen LogP contribution in [-0.4, -0.2) is 18.7 Å². The molecule has 28 heavy (non-hydrogen) atoms. The number of alkyl halides is 3. The molecule has 9 heteroatoms. The van der Waals surface area contributed by atoms with Crippen LogP contribution in [0.1, 0.15) is 25.8 Å². The van der Waals surface area contributed by atoms with E-state index in [4.69, 9.17) is 14.2 Å². The van der Waals surface area contributed by atoms with Gasteiger partial charge in [0.1, 0.15) is 11.5 Å². The molecule has 1 unspecified atom stereocenters. The third kappa shape index (κ3) is 5.58. The number of hydrogen-bond acceptors (Lipinski definition) is 4. The number of rotatable bonds is 7. The van der Waals surface area contributed by atoms with Gasteiger partial charge >= 0.3 is 12.1 Å². The Morgan fingerprint density at radius 3 is 2.07 bits per heavy atom. The molecule has 0 fully saturated rings. The van der Waals surface area contributed by atoms with E-state index in [-0.39, 0.29) is 30.2 Å². The number of benzene rings is 2. The van der Waals surface area contributed by atoms with Crippen LogP contribution in [0.15, 0.2) is 36.4 Å². The maximum atomic E-state index is 13.8. The van der Waals surface area contributed by atoms with Gasteiger partial charge in [0, 0.05) is 0 Å². The minimum absolute atomic E-state index is 0.0360. The van der Waals surface area contributed by atoms with E-state index in [1.165, 1.54) is 31.2 Å². The second-order valence-electron chi connectivity index (χ2n) is 5.77. The molecule has 0 aliphatic rings. The summed E-state index contributed by atoms with van der Waals surface area (Å²) in [6.45, 7) is 3.61. The Bertz CT molecular complexity index is 795. The summed E-state index contributed by atoms with van der Waals surface area (Å²) < 4.78 is 80.6. The number of hydrogen-bond donors (Lipinski definition) is 0. The second kappa shape index (κ2) is 8.90. The van der Waals surface area contributed by atoms with Gasteiger partial charge < -0.3 is 14.2 Å². The number of carbonyl (C=O) groups excluding carboxylic acids is 1. The van der Waals surface area contributed by atoms with Crippen molar-refractivity contribution in [3.8, 4) is 17.2 Å². The molecule has 0 amide bonds. The normalized spacial score (nSPS) is 12.4. The maximum absolute atomic E-state index is 13.8. The Balaban J connectivity index is 2.08. The lowest BCUT2D eigenvalue weighted by Gasteiger charge is -2.14. The van der Waals surface area contributed by atoms with Gasteiger partial charge in [-0.25, -0.2) is 13.6 Å². The van der Waals surface area contributed by atoms with Crippen molar-refractivity contribution in [1.29, 1.82) is 0 Å². The van der Waals surface area contributed by atoms with Crippen LogP contribution >= 0.6 is 0 Å². The fourth-order valence-corrected chi connectivity index (χ4v) is 2.10. The standard InChI is InChI=1S/C19H17F5O4/c1-3-8-26-18(25)11(2)27-13-4-6-14(7-5-13)28-17-15(20)9-12(10-16(17)21)19(22,23)24/h4-7,9-11H,3,8H2,1-2H3. The van der Waals surface area contributed by atoms with Crippen molar-refractivity contribution < 1.29 is 41.0 Å². The highest BCUT2D eigenvalue weighted by molar-refractivity contribution is 5.74. The molecule has 4 nitrogen and oxygen atoms in total. The molecule has 0 saturated carbocycles. The maximum Gasteiger partial charge on any atom is 0.416 e. The van der Waals surface area contributed by atoms with Crippen LogP contribution in [0.2, 0.25) is 0 Å². The summed E-state index contributed by atoms with van der Waals surface area (Å²) in [7, 11) is 0. The van der Waals surface area contributed by atoms with Crippen LogP contribution in [0.4, 0.5) is 22.0 Å². The third-order valence-corrected chi connectivity index (χ3v) is 3.46. The molecule has 0 heterocycles. The highest BCUT2D eigenvalue weighted by atomic mass is 19.4. The quantitative estimate of drug-likeness (QED) is 0.452. The molecule has 2 rings (SSSR count). The zero-order chi connectivity index (χ0) is 20.9. The van der Waals surface area contributed by atoms with E-state index in [1.54, 1.807) is 0 Å². The zero-order valence-electron chi connectivity index (χ0n) is 15.0. The first-order chi connectivity index (χ1) is 13.1. The summed E-state index contributed by atoms with van der Waals surface area (Å²) in [6, 6.07) is 5.63. The molecule has 0 spiro atoms. The number of halogens is 5. The molecule has 0 N–H and O–H groups in total. The van der Waals surface area contributed by atoms with Crippen molar-refractivity contribution in [3.63, 3.8) is 0 Å². The van der Waals surface area contributed by atoms with Crippen molar-refractivity contribution in [1.82, 2.24) is 0 Å². The molecule has 0 aliphatic carbocycles. The van der Waals surface area contributed by atoms with Gasteiger partial charge in [0.25, 0.3) is 0 Å². The third-order valence-electron chi connectivity index (χ3n) is 3.46. The van der Waals surface area contributed by atoms with Crippen molar-refractivity contribution in [2.45, 2.75) is 32.5 Å². The van der Waals surface area contributed by atoms with E-state index in [9.17, 15) is 26.7 Å². The summed E-state index contributed by atoms with van der Waals surface area (Å²) in [5.74, 6) is -4.25. The van der Waals surface area contributed by atoms with Gasteiger partial charge in [-0.3, -0.25) is 0 Å². The lowest BCUT2D eigenvalue weighted by molar-refractivity contribution is -0.151. The molecule has 0 aliphatic heterocycles. The van der Waals surface area contributed by atoms with Gasteiger partial charge in [-0.2, -0.15) is 13.2 Å². The largest absolute Gasteiger partial charge is 0.479 e. The zero-order valence-corrected chi connectivity index (χ0v) is 15.0. The molecule has 1 atom stereocenters. The summed E-state index contributed by atoms with van der Waals surface area (Å²) >= 11 is 0. The van der Waals surface area contributed by atoms with Crippen molar-refractivity contribution in [3.05, 3.63) is 53.6 Å². The molecule has 0 saturated heterocycles.